The molecule has 4 heteroatoms. The predicted octanol–water partition coefficient (Wildman–Crippen LogP) is 3.49. The third-order valence-electron chi connectivity index (χ3n) is 3.49. The van der Waals surface area contributed by atoms with E-state index < -0.39 is 11.0 Å². The van der Waals surface area contributed by atoms with Crippen molar-refractivity contribution in [2.45, 2.75) is 26.4 Å². The summed E-state index contributed by atoms with van der Waals surface area (Å²) in [5, 5.41) is 20.8. The first-order valence-corrected chi connectivity index (χ1v) is 6.46. The molecule has 0 aromatic heterocycles. The molecule has 0 saturated carbocycles. The lowest BCUT2D eigenvalue weighted by Gasteiger charge is -2.12. The van der Waals surface area contributed by atoms with Gasteiger partial charge in [-0.1, -0.05) is 30.3 Å². The normalized spacial score (nSPS) is 12.2. The summed E-state index contributed by atoms with van der Waals surface area (Å²) in [6.45, 7) is 4.04. The third kappa shape index (κ3) is 3.22. The van der Waals surface area contributed by atoms with Crippen molar-refractivity contribution in [3.05, 3.63) is 74.8 Å². The second-order valence-electron chi connectivity index (χ2n) is 4.99. The van der Waals surface area contributed by atoms with Gasteiger partial charge in [0.1, 0.15) is 0 Å². The molecule has 1 atom stereocenters. The first-order valence-electron chi connectivity index (χ1n) is 6.46. The lowest BCUT2D eigenvalue weighted by atomic mass is 9.98. The van der Waals surface area contributed by atoms with E-state index in [4.69, 9.17) is 0 Å². The van der Waals surface area contributed by atoms with Gasteiger partial charge in [-0.3, -0.25) is 10.1 Å². The second kappa shape index (κ2) is 5.84. The predicted molar refractivity (Wildman–Crippen MR) is 77.7 cm³/mol. The van der Waals surface area contributed by atoms with Crippen molar-refractivity contribution in [2.75, 3.05) is 0 Å². The summed E-state index contributed by atoms with van der Waals surface area (Å²) in [6.07, 6.45) is -0.156. The highest BCUT2D eigenvalue weighted by atomic mass is 16.6. The molecular formula is C16H17NO3. The quantitative estimate of drug-likeness (QED) is 0.684. The van der Waals surface area contributed by atoms with E-state index in [9.17, 15) is 15.2 Å². The van der Waals surface area contributed by atoms with E-state index in [1.54, 1.807) is 12.1 Å². The summed E-state index contributed by atoms with van der Waals surface area (Å²) in [4.78, 5) is 10.2. The number of non-ortho nitro benzene ring substituents is 1. The van der Waals surface area contributed by atoms with Gasteiger partial charge in [0.15, 0.2) is 0 Å². The molecule has 0 aliphatic rings. The van der Waals surface area contributed by atoms with Crippen molar-refractivity contribution >= 4 is 5.69 Å². The molecule has 0 aliphatic heterocycles. The number of nitro groups is 1. The molecule has 2 aromatic rings. The van der Waals surface area contributed by atoms with Crippen molar-refractivity contribution in [2.24, 2.45) is 0 Å². The monoisotopic (exact) mass is 271 g/mol. The van der Waals surface area contributed by atoms with E-state index in [2.05, 4.69) is 0 Å². The van der Waals surface area contributed by atoms with Crippen LogP contribution >= 0.6 is 0 Å². The zero-order valence-electron chi connectivity index (χ0n) is 11.5. The number of benzene rings is 2. The minimum atomic E-state index is -0.601. The maximum Gasteiger partial charge on any atom is 0.269 e. The lowest BCUT2D eigenvalue weighted by molar-refractivity contribution is -0.384. The highest BCUT2D eigenvalue weighted by molar-refractivity contribution is 5.35. The van der Waals surface area contributed by atoms with Crippen molar-refractivity contribution in [1.82, 2.24) is 0 Å². The Morgan fingerprint density at radius 2 is 1.75 bits per heavy atom. The Balaban J connectivity index is 2.12. The highest BCUT2D eigenvalue weighted by Crippen LogP contribution is 2.22. The third-order valence-corrected chi connectivity index (χ3v) is 3.49. The van der Waals surface area contributed by atoms with Crippen molar-refractivity contribution in [3.63, 3.8) is 0 Å². The molecule has 0 radical (unpaired) electrons. The van der Waals surface area contributed by atoms with Gasteiger partial charge in [0.25, 0.3) is 5.69 Å². The van der Waals surface area contributed by atoms with Crippen molar-refractivity contribution in [3.8, 4) is 0 Å². The molecule has 20 heavy (non-hydrogen) atoms. The van der Waals surface area contributed by atoms with Gasteiger partial charge in [-0.15, -0.1) is 0 Å². The van der Waals surface area contributed by atoms with Gasteiger partial charge in [-0.2, -0.15) is 0 Å². The molecule has 4 nitrogen and oxygen atoms in total. The van der Waals surface area contributed by atoms with Gasteiger partial charge >= 0.3 is 0 Å². The molecule has 2 aromatic carbocycles. The first kappa shape index (κ1) is 14.2. The van der Waals surface area contributed by atoms with Gasteiger partial charge in [-0.25, -0.2) is 0 Å². The van der Waals surface area contributed by atoms with Gasteiger partial charge in [0, 0.05) is 18.6 Å². The van der Waals surface area contributed by atoms with E-state index >= 15 is 0 Å². The number of aryl methyl sites for hydroxylation is 2. The standard InChI is InChI=1S/C16H17NO3/c1-11-3-6-14(9-12(11)2)16(18)10-13-4-7-15(8-5-13)17(19)20/h3-9,16,18H,10H2,1-2H3. The lowest BCUT2D eigenvalue weighted by Crippen LogP contribution is -2.02. The van der Waals surface area contributed by atoms with Crippen LogP contribution in [0.3, 0.4) is 0 Å². The molecule has 0 spiro atoms. The molecule has 0 aliphatic carbocycles. The number of hydrogen-bond donors (Lipinski definition) is 1. The molecule has 0 amide bonds. The van der Waals surface area contributed by atoms with Crippen molar-refractivity contribution < 1.29 is 10.0 Å². The minimum Gasteiger partial charge on any atom is -0.388 e. The number of nitrogens with zero attached hydrogens (tertiary/aromatic N) is 1. The Hall–Kier alpha value is -2.20. The molecule has 1 N–H and O–H groups in total. The van der Waals surface area contributed by atoms with Gasteiger partial charge in [-0.05, 0) is 36.1 Å². The number of nitro benzene ring substituents is 1. The highest BCUT2D eigenvalue weighted by Gasteiger charge is 2.11. The summed E-state index contributed by atoms with van der Waals surface area (Å²) in [6, 6.07) is 12.2. The van der Waals surface area contributed by atoms with Gasteiger partial charge < -0.3 is 5.11 Å². The Morgan fingerprint density at radius 1 is 1.10 bits per heavy atom. The van der Waals surface area contributed by atoms with Crippen molar-refractivity contribution in [1.29, 1.82) is 0 Å². The van der Waals surface area contributed by atoms with Crippen LogP contribution in [0.2, 0.25) is 0 Å². The fraction of sp³-hybridized carbons (Fsp3) is 0.250. The average molecular weight is 271 g/mol. The summed E-state index contributed by atoms with van der Waals surface area (Å²) in [7, 11) is 0. The Morgan fingerprint density at radius 3 is 2.30 bits per heavy atom. The van der Waals surface area contributed by atoms with Crippen LogP contribution < -0.4 is 0 Å². The number of aliphatic hydroxyl groups excluding tert-OH is 1. The summed E-state index contributed by atoms with van der Waals surface area (Å²) >= 11 is 0. The van der Waals surface area contributed by atoms with Crippen LogP contribution in [0.5, 0.6) is 0 Å². The Kier molecular flexibility index (Phi) is 4.15. The number of hydrogen-bond acceptors (Lipinski definition) is 3. The molecule has 1 unspecified atom stereocenters. The summed E-state index contributed by atoms with van der Waals surface area (Å²) in [5.41, 5.74) is 4.14. The van der Waals surface area contributed by atoms with E-state index in [0.29, 0.717) is 6.42 Å². The SMILES string of the molecule is Cc1ccc(C(O)Cc2ccc([N+](=O)[O-])cc2)cc1C. The molecule has 0 bridgehead atoms. The smallest absolute Gasteiger partial charge is 0.269 e. The van der Waals surface area contributed by atoms with Crippen LogP contribution in [0.25, 0.3) is 0 Å². The molecule has 0 heterocycles. The molecule has 2 rings (SSSR count). The zero-order valence-corrected chi connectivity index (χ0v) is 11.5. The molecular weight excluding hydrogens is 254 g/mol. The maximum atomic E-state index is 10.6. The fourth-order valence-electron chi connectivity index (χ4n) is 2.07. The minimum absolute atomic E-state index is 0.0643. The van der Waals surface area contributed by atoms with Crippen LogP contribution in [0.15, 0.2) is 42.5 Å². The Bertz CT molecular complexity index is 620. The van der Waals surface area contributed by atoms with Crippen LogP contribution in [-0.4, -0.2) is 10.0 Å². The van der Waals surface area contributed by atoms with Gasteiger partial charge in [0.2, 0.25) is 0 Å². The number of aliphatic hydroxyl groups is 1. The van der Waals surface area contributed by atoms with E-state index in [1.165, 1.54) is 17.7 Å². The molecule has 0 saturated heterocycles. The maximum absolute atomic E-state index is 10.6. The molecule has 104 valence electrons. The first-order chi connectivity index (χ1) is 9.47. The summed E-state index contributed by atoms with van der Waals surface area (Å²) in [5.74, 6) is 0. The average Bonchev–Trinajstić information content (AvgIpc) is 2.42. The van der Waals surface area contributed by atoms with E-state index in [-0.39, 0.29) is 5.69 Å². The largest absolute Gasteiger partial charge is 0.388 e. The Labute approximate surface area is 117 Å². The van der Waals surface area contributed by atoms with Crippen LogP contribution in [0.1, 0.15) is 28.4 Å². The van der Waals surface area contributed by atoms with E-state index in [1.807, 2.05) is 32.0 Å². The van der Waals surface area contributed by atoms with Crippen LogP contribution in [0, 0.1) is 24.0 Å². The van der Waals surface area contributed by atoms with Crippen LogP contribution in [-0.2, 0) is 6.42 Å². The van der Waals surface area contributed by atoms with E-state index in [0.717, 1.165) is 16.7 Å². The van der Waals surface area contributed by atoms with Crippen LogP contribution in [0.4, 0.5) is 5.69 Å². The number of rotatable bonds is 4. The van der Waals surface area contributed by atoms with Gasteiger partial charge in [0.05, 0.1) is 11.0 Å². The second-order valence-corrected chi connectivity index (χ2v) is 4.99. The fourth-order valence-corrected chi connectivity index (χ4v) is 2.07. The topological polar surface area (TPSA) is 63.4 Å². The summed E-state index contributed by atoms with van der Waals surface area (Å²) < 4.78 is 0. The molecule has 0 fully saturated rings. The zero-order chi connectivity index (χ0) is 14.7.